The Hall–Kier alpha value is -0.490. The average molecular weight is 924 g/mol. The summed E-state index contributed by atoms with van der Waals surface area (Å²) in [6.07, 6.45) is 47.5. The second-order valence-electron chi connectivity index (χ2n) is 29.8. The van der Waals surface area contributed by atoms with Crippen LogP contribution in [0.5, 0.6) is 0 Å². The van der Waals surface area contributed by atoms with Crippen LogP contribution in [0.3, 0.4) is 0 Å². The van der Waals surface area contributed by atoms with Crippen LogP contribution in [-0.2, 0) is 0 Å². The third-order valence-corrected chi connectivity index (χ3v) is 24.6. The molecule has 0 N–H and O–H groups in total. The Morgan fingerprint density at radius 2 is 1.06 bits per heavy atom. The molecule has 0 aromatic rings. The Kier molecular flexibility index (Phi) is 14.9. The number of hydrogen-bond acceptors (Lipinski definition) is 0. The SMILES string of the molecule is CC1(C)C2CC3=CC(C2)CC1C3.CC1(C)C2CC3CC1CC(Cl)(C3)C2.CC1(C)C2CCCC1C1=C(CCCC1)C2.CC1(C)CCCCC1.CCCC1C2=C(CCCC2)C2CCCC1C2(C)C. The van der Waals surface area contributed by atoms with E-state index in [0.29, 0.717) is 27.1 Å². The van der Waals surface area contributed by atoms with Crippen molar-refractivity contribution in [2.75, 3.05) is 0 Å². The minimum atomic E-state index is 0.228. The molecule has 0 spiro atoms. The van der Waals surface area contributed by atoms with E-state index in [4.69, 9.17) is 11.6 Å². The van der Waals surface area contributed by atoms with Crippen LogP contribution in [-0.4, -0.2) is 4.87 Å². The molecule has 0 nitrogen and oxygen atoms in total. The highest BCUT2D eigenvalue weighted by Gasteiger charge is 2.58. The molecule has 0 amide bonds. The fraction of sp³-hybridized carbons (Fsp3) is 0.908. The third kappa shape index (κ3) is 10.0. The van der Waals surface area contributed by atoms with Gasteiger partial charge in [-0.05, 0) is 253 Å². The van der Waals surface area contributed by atoms with Crippen molar-refractivity contribution in [2.24, 2.45) is 92.2 Å². The van der Waals surface area contributed by atoms with Crippen LogP contribution in [0.25, 0.3) is 0 Å². The van der Waals surface area contributed by atoms with Crippen LogP contribution in [0, 0.1) is 92.2 Å². The molecule has 12 bridgehead atoms. The molecule has 0 radical (unpaired) electrons. The summed E-state index contributed by atoms with van der Waals surface area (Å²) in [4.78, 5) is 0.228. The molecule has 0 heterocycles. The van der Waals surface area contributed by atoms with E-state index in [0.717, 1.165) is 65.1 Å². The van der Waals surface area contributed by atoms with Gasteiger partial charge in [-0.1, -0.05) is 149 Å². The van der Waals surface area contributed by atoms with Gasteiger partial charge >= 0.3 is 0 Å². The molecule has 15 rings (SSSR count). The Labute approximate surface area is 415 Å². The average Bonchev–Trinajstić information content (AvgIpc) is 3.24. The van der Waals surface area contributed by atoms with Crippen molar-refractivity contribution < 1.29 is 0 Å². The first kappa shape index (κ1) is 50.5. The molecule has 9 atom stereocenters. The Morgan fingerprint density at radius 3 is 1.64 bits per heavy atom. The number of fused-ring (bicyclic) bond motifs is 6. The van der Waals surface area contributed by atoms with Gasteiger partial charge in [-0.25, -0.2) is 0 Å². The first-order valence-corrected chi connectivity index (χ1v) is 30.4. The molecular weight excluding hydrogens is 816 g/mol. The molecule has 0 aromatic carbocycles. The van der Waals surface area contributed by atoms with Gasteiger partial charge < -0.3 is 0 Å². The lowest BCUT2D eigenvalue weighted by Crippen LogP contribution is -2.55. The fourth-order valence-corrected chi connectivity index (χ4v) is 20.4. The predicted molar refractivity (Wildman–Crippen MR) is 287 cm³/mol. The highest BCUT2D eigenvalue weighted by atomic mass is 35.5. The largest absolute Gasteiger partial charge is 0.119 e. The second kappa shape index (κ2) is 19.5. The van der Waals surface area contributed by atoms with E-state index in [-0.39, 0.29) is 4.87 Å². The summed E-state index contributed by atoms with van der Waals surface area (Å²) in [5.41, 5.74) is 12.7. The minimum absolute atomic E-state index is 0.228. The zero-order chi connectivity index (χ0) is 46.9. The van der Waals surface area contributed by atoms with Gasteiger partial charge in [0.05, 0.1) is 0 Å². The van der Waals surface area contributed by atoms with E-state index in [1.165, 1.54) is 199 Å². The van der Waals surface area contributed by atoms with Crippen molar-refractivity contribution >= 4 is 11.6 Å². The summed E-state index contributed by atoms with van der Waals surface area (Å²) in [5.74, 6) is 10.7. The van der Waals surface area contributed by atoms with E-state index < -0.39 is 0 Å². The smallest absolute Gasteiger partial charge is 0.0455 e. The monoisotopic (exact) mass is 923 g/mol. The lowest BCUT2D eigenvalue weighted by atomic mass is 9.46. The minimum Gasteiger partial charge on any atom is -0.119 e. The standard InChI is InChI=1S/C18H30.C15H24.C12H19Cl.C12H18.C8H16/c1-4-8-14-13-9-5-6-10-15(13)17-12-7-11-16(14)18(17,2)3;1-15(2)12-7-5-9-14(15)13-8-4-3-6-11(13)10-12;1-11(2)9-3-8-4-10(11)7-12(13,5-8)6-9;1-12(2)10-4-8-3-9(6-10)7-11(12)5-8;1-8(2)6-4-3-5-7-8/h14,16-17H,4-12H2,1-3H3;12,14H,3-10H2,1-2H3;8-10H,3-7H2,1-2H3;3,8,10-11H,4-7H2,1-2H3;3-7H2,1-2H3. The Balaban J connectivity index is 0.000000106. The van der Waals surface area contributed by atoms with Crippen LogP contribution in [0.4, 0.5) is 0 Å². The van der Waals surface area contributed by atoms with E-state index in [9.17, 15) is 0 Å². The molecule has 66 heavy (non-hydrogen) atoms. The topological polar surface area (TPSA) is 0 Å². The van der Waals surface area contributed by atoms with Crippen molar-refractivity contribution in [2.45, 2.75) is 280 Å². The summed E-state index contributed by atoms with van der Waals surface area (Å²) < 4.78 is 0. The van der Waals surface area contributed by atoms with E-state index in [1.54, 1.807) is 5.57 Å². The number of rotatable bonds is 2. The quantitative estimate of drug-likeness (QED) is 0.191. The number of hydrogen-bond donors (Lipinski definition) is 0. The zero-order valence-electron chi connectivity index (χ0n) is 45.7. The van der Waals surface area contributed by atoms with E-state index >= 15 is 0 Å². The first-order valence-electron chi connectivity index (χ1n) is 30.0. The van der Waals surface area contributed by atoms with Crippen LogP contribution in [0.15, 0.2) is 33.9 Å². The third-order valence-electron chi connectivity index (χ3n) is 24.1. The maximum Gasteiger partial charge on any atom is 0.0455 e. The lowest BCUT2D eigenvalue weighted by Gasteiger charge is -2.62. The molecule has 15 aliphatic carbocycles. The Morgan fingerprint density at radius 1 is 0.500 bits per heavy atom. The van der Waals surface area contributed by atoms with Crippen molar-refractivity contribution in [3.8, 4) is 0 Å². The summed E-state index contributed by atoms with van der Waals surface area (Å²) in [6, 6.07) is 0. The van der Waals surface area contributed by atoms with Gasteiger partial charge in [0.1, 0.15) is 0 Å². The first-order chi connectivity index (χ1) is 31.2. The van der Waals surface area contributed by atoms with Gasteiger partial charge in [0, 0.05) is 4.87 Å². The zero-order valence-corrected chi connectivity index (χ0v) is 46.5. The molecule has 374 valence electrons. The number of allylic oxidation sites excluding steroid dienone is 6. The van der Waals surface area contributed by atoms with Crippen LogP contribution in [0.1, 0.15) is 275 Å². The van der Waals surface area contributed by atoms with Gasteiger partial charge in [0.2, 0.25) is 0 Å². The van der Waals surface area contributed by atoms with Gasteiger partial charge in [-0.15, -0.1) is 11.6 Å². The van der Waals surface area contributed by atoms with Crippen LogP contribution >= 0.6 is 11.6 Å². The molecule has 9 saturated carbocycles. The molecule has 9 fully saturated rings. The molecule has 0 aromatic heterocycles. The van der Waals surface area contributed by atoms with Gasteiger partial charge in [-0.2, -0.15) is 0 Å². The highest BCUT2D eigenvalue weighted by molar-refractivity contribution is 6.24. The van der Waals surface area contributed by atoms with Gasteiger partial charge in [0.25, 0.3) is 0 Å². The summed E-state index contributed by atoms with van der Waals surface area (Å²) in [5, 5.41) is 0. The maximum atomic E-state index is 6.66. The van der Waals surface area contributed by atoms with Crippen molar-refractivity contribution in [1.29, 1.82) is 0 Å². The fourth-order valence-electron chi connectivity index (χ4n) is 19.8. The summed E-state index contributed by atoms with van der Waals surface area (Å²) in [6.45, 7) is 27.3. The molecule has 1 heteroatoms. The van der Waals surface area contributed by atoms with Crippen molar-refractivity contribution in [3.63, 3.8) is 0 Å². The molecule has 0 saturated heterocycles. The molecule has 9 unspecified atom stereocenters. The van der Waals surface area contributed by atoms with E-state index in [1.807, 2.05) is 22.3 Å². The van der Waals surface area contributed by atoms with Crippen molar-refractivity contribution in [1.82, 2.24) is 0 Å². The lowest BCUT2D eigenvalue weighted by molar-refractivity contribution is -0.0771. The van der Waals surface area contributed by atoms with Gasteiger partial charge in [0.15, 0.2) is 0 Å². The Bertz CT molecular complexity index is 1740. The molecular formula is C65H107Cl. The predicted octanol–water partition coefficient (Wildman–Crippen LogP) is 20.6. The van der Waals surface area contributed by atoms with Crippen molar-refractivity contribution in [3.05, 3.63) is 33.9 Å². The highest BCUT2D eigenvalue weighted by Crippen LogP contribution is 2.66. The number of halogens is 1. The van der Waals surface area contributed by atoms with Crippen LogP contribution < -0.4 is 0 Å². The maximum absolute atomic E-state index is 6.66. The molecule has 0 aliphatic heterocycles. The number of alkyl halides is 1. The summed E-state index contributed by atoms with van der Waals surface area (Å²) in [7, 11) is 0. The normalized spacial score (nSPS) is 42.6. The summed E-state index contributed by atoms with van der Waals surface area (Å²) >= 11 is 6.66. The van der Waals surface area contributed by atoms with Gasteiger partial charge in [-0.3, -0.25) is 0 Å². The molecule has 15 aliphatic rings. The van der Waals surface area contributed by atoms with E-state index in [2.05, 4.69) is 82.2 Å². The van der Waals surface area contributed by atoms with Crippen LogP contribution in [0.2, 0.25) is 0 Å². The second-order valence-corrected chi connectivity index (χ2v) is 30.6.